The van der Waals surface area contributed by atoms with E-state index in [-0.39, 0.29) is 16.7 Å². The number of thioether (sulfide) groups is 1. The zero-order chi connectivity index (χ0) is 22.0. The van der Waals surface area contributed by atoms with Gasteiger partial charge < -0.3 is 4.90 Å². The number of benzene rings is 1. The van der Waals surface area contributed by atoms with Gasteiger partial charge >= 0.3 is 0 Å². The number of nitrogens with zero attached hydrogens (tertiary/aromatic N) is 3. The number of carbonyl (C=O) groups excluding carboxylic acids is 1. The summed E-state index contributed by atoms with van der Waals surface area (Å²) < 4.78 is 1.67. The van der Waals surface area contributed by atoms with Gasteiger partial charge in [0, 0.05) is 24.2 Å². The summed E-state index contributed by atoms with van der Waals surface area (Å²) >= 11 is 2.99. The van der Waals surface area contributed by atoms with Crippen molar-refractivity contribution in [3.05, 3.63) is 63.8 Å². The van der Waals surface area contributed by atoms with Crippen LogP contribution in [0.2, 0.25) is 0 Å². The Labute approximate surface area is 190 Å². The van der Waals surface area contributed by atoms with Crippen LogP contribution >= 0.6 is 23.1 Å². The first kappa shape index (κ1) is 21.8. The van der Waals surface area contributed by atoms with E-state index in [4.69, 9.17) is 4.98 Å². The molecular formula is C24H27N3O2S2. The van der Waals surface area contributed by atoms with Crippen LogP contribution in [0.3, 0.4) is 0 Å². The number of carbonyl (C=O) groups is 1. The third kappa shape index (κ3) is 4.34. The second-order valence-corrected chi connectivity index (χ2v) is 10.2. The summed E-state index contributed by atoms with van der Waals surface area (Å²) in [6.45, 7) is 6.07. The molecule has 0 N–H and O–H groups in total. The molecule has 1 amide bonds. The molecule has 0 fully saturated rings. The van der Waals surface area contributed by atoms with Crippen LogP contribution in [0.4, 0.5) is 5.69 Å². The van der Waals surface area contributed by atoms with Crippen LogP contribution in [0.1, 0.15) is 36.6 Å². The molecule has 3 aromatic rings. The van der Waals surface area contributed by atoms with E-state index in [1.807, 2.05) is 37.3 Å². The van der Waals surface area contributed by atoms with E-state index in [2.05, 4.69) is 6.58 Å². The van der Waals surface area contributed by atoms with Crippen LogP contribution in [-0.4, -0.2) is 27.8 Å². The molecular weight excluding hydrogens is 426 g/mol. The Bertz CT molecular complexity index is 1170. The van der Waals surface area contributed by atoms with Gasteiger partial charge in [-0.05, 0) is 50.3 Å². The lowest BCUT2D eigenvalue weighted by molar-refractivity contribution is -0.117. The molecule has 2 aromatic heterocycles. The highest BCUT2D eigenvalue weighted by molar-refractivity contribution is 8.00. The number of hydrogen-bond acceptors (Lipinski definition) is 5. The molecule has 4 rings (SSSR count). The maximum atomic E-state index is 13.5. The Morgan fingerprint density at radius 2 is 2.03 bits per heavy atom. The average molecular weight is 454 g/mol. The number of aryl methyl sites for hydroxylation is 2. The number of hydrogen-bond donors (Lipinski definition) is 0. The zero-order valence-electron chi connectivity index (χ0n) is 18.0. The molecule has 0 saturated carbocycles. The molecule has 1 aliphatic rings. The number of rotatable bonds is 6. The molecule has 5 nitrogen and oxygen atoms in total. The van der Waals surface area contributed by atoms with Gasteiger partial charge in [-0.3, -0.25) is 14.2 Å². The number of amides is 1. The number of thiophene rings is 1. The molecule has 162 valence electrons. The smallest absolute Gasteiger partial charge is 0.263 e. The van der Waals surface area contributed by atoms with Crippen LogP contribution in [0.15, 0.2) is 52.9 Å². The van der Waals surface area contributed by atoms with Crippen LogP contribution in [0.5, 0.6) is 0 Å². The van der Waals surface area contributed by atoms with Gasteiger partial charge in [0.25, 0.3) is 5.56 Å². The van der Waals surface area contributed by atoms with Crippen LogP contribution < -0.4 is 10.5 Å². The zero-order valence-corrected chi connectivity index (χ0v) is 19.6. The summed E-state index contributed by atoms with van der Waals surface area (Å²) in [4.78, 5) is 35.1. The maximum absolute atomic E-state index is 13.5. The van der Waals surface area contributed by atoms with E-state index in [9.17, 15) is 9.59 Å². The van der Waals surface area contributed by atoms with E-state index in [1.165, 1.54) is 35.0 Å². The standard InChI is InChI=1S/C24H27N3O2S2/c1-4-15-27-23(29)20-18-13-9-6-10-14-19(18)31-21(20)25-24(27)30-16(2)22(28)26(3)17-11-7-5-8-12-17/h4-5,7-8,11-12,16H,1,6,9-10,13-15H2,2-3H3. The molecule has 31 heavy (non-hydrogen) atoms. The largest absolute Gasteiger partial charge is 0.315 e. The summed E-state index contributed by atoms with van der Waals surface area (Å²) in [6.07, 6.45) is 7.18. The van der Waals surface area contributed by atoms with Gasteiger partial charge in [-0.25, -0.2) is 4.98 Å². The van der Waals surface area contributed by atoms with E-state index in [0.29, 0.717) is 11.7 Å². The summed E-state index contributed by atoms with van der Waals surface area (Å²) in [7, 11) is 1.78. The van der Waals surface area contributed by atoms with E-state index in [1.54, 1.807) is 33.9 Å². The lowest BCUT2D eigenvalue weighted by Crippen LogP contribution is -2.34. The van der Waals surface area contributed by atoms with Crippen molar-refractivity contribution in [3.63, 3.8) is 0 Å². The Kier molecular flexibility index (Phi) is 6.62. The highest BCUT2D eigenvalue weighted by Gasteiger charge is 2.25. The summed E-state index contributed by atoms with van der Waals surface area (Å²) in [6, 6.07) is 9.57. The summed E-state index contributed by atoms with van der Waals surface area (Å²) in [5.41, 5.74) is 2.02. The second kappa shape index (κ2) is 9.40. The summed E-state index contributed by atoms with van der Waals surface area (Å²) in [5.74, 6) is -0.0299. The molecule has 1 unspecified atom stereocenters. The molecule has 1 aliphatic carbocycles. The van der Waals surface area contributed by atoms with Crippen LogP contribution in [0.25, 0.3) is 10.2 Å². The molecule has 0 spiro atoms. The van der Waals surface area contributed by atoms with Gasteiger partial charge in [0.15, 0.2) is 5.16 Å². The fraction of sp³-hybridized carbons (Fsp3) is 0.375. The van der Waals surface area contributed by atoms with Crippen molar-refractivity contribution in [3.8, 4) is 0 Å². The number of aromatic nitrogens is 2. The molecule has 0 bridgehead atoms. The third-order valence-electron chi connectivity index (χ3n) is 5.71. The van der Waals surface area contributed by atoms with Crippen molar-refractivity contribution in [2.24, 2.45) is 0 Å². The molecule has 1 aromatic carbocycles. The second-order valence-electron chi connectivity index (χ2n) is 7.84. The fourth-order valence-corrected chi connectivity index (χ4v) is 6.35. The maximum Gasteiger partial charge on any atom is 0.263 e. The normalized spacial score (nSPS) is 14.6. The number of fused-ring (bicyclic) bond motifs is 3. The minimum atomic E-state index is -0.386. The highest BCUT2D eigenvalue weighted by Crippen LogP contribution is 2.35. The van der Waals surface area contributed by atoms with Gasteiger partial charge in [0.2, 0.25) is 5.91 Å². The van der Waals surface area contributed by atoms with Crippen molar-refractivity contribution in [2.75, 3.05) is 11.9 Å². The SMILES string of the molecule is C=CCn1c(SC(C)C(=O)N(C)c2ccccc2)nc2sc3c(c2c1=O)CCCCC3. The molecule has 0 saturated heterocycles. The van der Waals surface area contributed by atoms with Crippen molar-refractivity contribution >= 4 is 44.9 Å². The van der Waals surface area contributed by atoms with Crippen molar-refractivity contribution in [1.29, 1.82) is 0 Å². The van der Waals surface area contributed by atoms with Crippen LogP contribution in [0, 0.1) is 0 Å². The lowest BCUT2D eigenvalue weighted by atomic mass is 10.1. The van der Waals surface area contributed by atoms with Gasteiger partial charge in [-0.1, -0.05) is 42.5 Å². The Balaban J connectivity index is 1.69. The average Bonchev–Trinajstić information content (AvgIpc) is 2.96. The van der Waals surface area contributed by atoms with Gasteiger partial charge in [0.1, 0.15) is 4.83 Å². The molecule has 0 radical (unpaired) electrons. The molecule has 1 atom stereocenters. The first-order valence-electron chi connectivity index (χ1n) is 10.7. The Morgan fingerprint density at radius 3 is 2.77 bits per heavy atom. The fourth-order valence-electron chi connectivity index (χ4n) is 4.04. The van der Waals surface area contributed by atoms with Crippen LogP contribution in [-0.2, 0) is 24.2 Å². The predicted molar refractivity (Wildman–Crippen MR) is 131 cm³/mol. The third-order valence-corrected chi connectivity index (χ3v) is 7.97. The van der Waals surface area contributed by atoms with Gasteiger partial charge in [-0.2, -0.15) is 0 Å². The van der Waals surface area contributed by atoms with E-state index in [0.717, 1.165) is 35.2 Å². The van der Waals surface area contributed by atoms with Crippen molar-refractivity contribution in [1.82, 2.24) is 9.55 Å². The lowest BCUT2D eigenvalue weighted by Gasteiger charge is -2.21. The van der Waals surface area contributed by atoms with Gasteiger partial charge in [0.05, 0.1) is 10.6 Å². The van der Waals surface area contributed by atoms with Crippen molar-refractivity contribution < 1.29 is 4.79 Å². The molecule has 7 heteroatoms. The molecule has 2 heterocycles. The topological polar surface area (TPSA) is 55.2 Å². The quantitative estimate of drug-likeness (QED) is 0.227. The monoisotopic (exact) mass is 453 g/mol. The minimum absolute atomic E-state index is 0.0112. The van der Waals surface area contributed by atoms with Gasteiger partial charge in [-0.15, -0.1) is 17.9 Å². The predicted octanol–water partition coefficient (Wildman–Crippen LogP) is 5.06. The summed E-state index contributed by atoms with van der Waals surface area (Å²) in [5, 5.41) is 0.966. The number of para-hydroxylation sites is 1. The Morgan fingerprint density at radius 1 is 1.29 bits per heavy atom. The van der Waals surface area contributed by atoms with E-state index < -0.39 is 0 Å². The number of anilines is 1. The first-order chi connectivity index (χ1) is 15.0. The highest BCUT2D eigenvalue weighted by atomic mass is 32.2. The Hall–Kier alpha value is -2.38. The van der Waals surface area contributed by atoms with Crippen molar-refractivity contribution in [2.45, 2.75) is 56.0 Å². The minimum Gasteiger partial charge on any atom is -0.315 e. The number of allylic oxidation sites excluding steroid dienone is 1. The molecule has 0 aliphatic heterocycles. The first-order valence-corrected chi connectivity index (χ1v) is 12.4. The van der Waals surface area contributed by atoms with E-state index >= 15 is 0 Å².